The van der Waals surface area contributed by atoms with Crippen LogP contribution in [-0.4, -0.2) is 37.0 Å². The number of anilines is 1. The third-order valence-corrected chi connectivity index (χ3v) is 5.84. The molecule has 4 rings (SSSR count). The second-order valence-electron chi connectivity index (χ2n) is 7.90. The molecule has 0 unspecified atom stereocenters. The molecule has 0 fully saturated rings. The number of nitrogens with zero attached hydrogens (tertiary/aromatic N) is 1. The predicted octanol–water partition coefficient (Wildman–Crippen LogP) is 4.92. The van der Waals surface area contributed by atoms with Crippen LogP contribution in [0.5, 0.6) is 17.2 Å². The number of nitrogens with one attached hydrogen (secondary N) is 1. The van der Waals surface area contributed by atoms with Gasteiger partial charge in [0.25, 0.3) is 11.8 Å². The summed E-state index contributed by atoms with van der Waals surface area (Å²) >= 11 is 5.99. The number of halogens is 1. The normalized spacial score (nSPS) is 15.1. The van der Waals surface area contributed by atoms with Gasteiger partial charge in [-0.2, -0.15) is 0 Å². The first-order valence-electron chi connectivity index (χ1n) is 10.7. The topological polar surface area (TPSA) is 77.1 Å². The van der Waals surface area contributed by atoms with Gasteiger partial charge in [-0.3, -0.25) is 9.59 Å². The highest BCUT2D eigenvalue weighted by Gasteiger charge is 2.28. The fraction of sp³-hybridized carbons (Fsp3) is 0.231. The van der Waals surface area contributed by atoms with E-state index in [0.29, 0.717) is 46.6 Å². The molecule has 1 atom stereocenters. The molecule has 0 aromatic heterocycles. The van der Waals surface area contributed by atoms with Crippen LogP contribution in [0.2, 0.25) is 5.02 Å². The van der Waals surface area contributed by atoms with Gasteiger partial charge in [-0.05, 0) is 55.0 Å². The number of fused-ring (bicyclic) bond motifs is 1. The van der Waals surface area contributed by atoms with Gasteiger partial charge in [0.15, 0.2) is 6.10 Å². The number of hydrogen-bond donors (Lipinski definition) is 1. The second-order valence-corrected chi connectivity index (χ2v) is 8.33. The summed E-state index contributed by atoms with van der Waals surface area (Å²) in [6.07, 6.45) is -0.633. The van der Waals surface area contributed by atoms with E-state index >= 15 is 0 Å². The molecule has 3 aromatic carbocycles. The number of benzene rings is 3. The van der Waals surface area contributed by atoms with E-state index in [1.807, 2.05) is 18.2 Å². The first-order chi connectivity index (χ1) is 16.4. The lowest BCUT2D eigenvalue weighted by molar-refractivity contribution is -0.138. The summed E-state index contributed by atoms with van der Waals surface area (Å²) in [6, 6.07) is 17.9. The van der Waals surface area contributed by atoms with Crippen LogP contribution in [-0.2, 0) is 17.9 Å². The molecule has 3 aromatic rings. The quantitative estimate of drug-likeness (QED) is 0.542. The van der Waals surface area contributed by atoms with Crippen LogP contribution in [0.25, 0.3) is 0 Å². The zero-order chi connectivity index (χ0) is 24.2. The number of carbonyl (C=O) groups excluding carboxylic acids is 2. The van der Waals surface area contributed by atoms with Gasteiger partial charge in [0, 0.05) is 29.4 Å². The van der Waals surface area contributed by atoms with Gasteiger partial charge >= 0.3 is 0 Å². The fourth-order valence-corrected chi connectivity index (χ4v) is 4.02. The molecular formula is C26H25ClN2O5. The lowest BCUT2D eigenvalue weighted by Gasteiger charge is -2.22. The van der Waals surface area contributed by atoms with Crippen molar-refractivity contribution in [1.29, 1.82) is 0 Å². The van der Waals surface area contributed by atoms with E-state index in [0.717, 1.165) is 11.1 Å². The fourth-order valence-electron chi connectivity index (χ4n) is 3.89. The maximum absolute atomic E-state index is 13.1. The minimum absolute atomic E-state index is 0.115. The molecule has 1 aliphatic rings. The van der Waals surface area contributed by atoms with Crippen LogP contribution in [0.3, 0.4) is 0 Å². The molecule has 1 aliphatic heterocycles. The van der Waals surface area contributed by atoms with Crippen molar-refractivity contribution < 1.29 is 23.8 Å². The van der Waals surface area contributed by atoms with E-state index in [4.69, 9.17) is 25.8 Å². The third-order valence-electron chi connectivity index (χ3n) is 5.58. The lowest BCUT2D eigenvalue weighted by Crippen LogP contribution is -2.37. The summed E-state index contributed by atoms with van der Waals surface area (Å²) in [5.41, 5.74) is 2.61. The van der Waals surface area contributed by atoms with E-state index in [1.54, 1.807) is 54.3 Å². The van der Waals surface area contributed by atoms with Gasteiger partial charge in [-0.25, -0.2) is 0 Å². The maximum atomic E-state index is 13.1. The van der Waals surface area contributed by atoms with Crippen LogP contribution in [0.15, 0.2) is 60.7 Å². The van der Waals surface area contributed by atoms with Crippen molar-refractivity contribution in [2.75, 3.05) is 19.5 Å². The largest absolute Gasteiger partial charge is 0.496 e. The second kappa shape index (κ2) is 10.1. The standard InChI is InChI=1S/C26H25ClN2O5/c1-16-26(31)29(14-17-7-9-19(27)10-8-17)15-18-13-20(11-12-21(18)34-16)28-25(30)24-22(32-2)5-4-6-23(24)33-3/h4-13,16H,14-15H2,1-3H3,(H,28,30)/t16-/m1/s1. The lowest BCUT2D eigenvalue weighted by atomic mass is 10.1. The van der Waals surface area contributed by atoms with Crippen LogP contribution in [0, 0.1) is 0 Å². The number of rotatable bonds is 6. The molecule has 0 aliphatic carbocycles. The van der Waals surface area contributed by atoms with Gasteiger partial charge < -0.3 is 24.4 Å². The smallest absolute Gasteiger partial charge is 0.263 e. The Morgan fingerprint density at radius 3 is 2.41 bits per heavy atom. The Hall–Kier alpha value is -3.71. The Morgan fingerprint density at radius 1 is 1.09 bits per heavy atom. The van der Waals surface area contributed by atoms with E-state index in [1.165, 1.54) is 14.2 Å². The first-order valence-corrected chi connectivity index (χ1v) is 11.1. The first kappa shape index (κ1) is 23.4. The number of hydrogen-bond acceptors (Lipinski definition) is 5. The maximum Gasteiger partial charge on any atom is 0.263 e. The highest BCUT2D eigenvalue weighted by Crippen LogP contribution is 2.32. The molecule has 0 saturated carbocycles. The predicted molar refractivity (Wildman–Crippen MR) is 130 cm³/mol. The Balaban J connectivity index is 1.59. The molecule has 0 bridgehead atoms. The van der Waals surface area contributed by atoms with Crippen molar-refractivity contribution in [1.82, 2.24) is 4.90 Å². The van der Waals surface area contributed by atoms with E-state index in [9.17, 15) is 9.59 Å². The molecule has 176 valence electrons. The molecule has 34 heavy (non-hydrogen) atoms. The van der Waals surface area contributed by atoms with Crippen molar-refractivity contribution in [2.45, 2.75) is 26.1 Å². The summed E-state index contributed by atoms with van der Waals surface area (Å²) < 4.78 is 16.6. The molecule has 0 spiro atoms. The molecule has 0 radical (unpaired) electrons. The van der Waals surface area contributed by atoms with Crippen LogP contribution in [0.1, 0.15) is 28.4 Å². The Labute approximate surface area is 203 Å². The van der Waals surface area contributed by atoms with Crippen molar-refractivity contribution in [3.8, 4) is 17.2 Å². The van der Waals surface area contributed by atoms with Gasteiger partial charge in [0.1, 0.15) is 22.8 Å². The van der Waals surface area contributed by atoms with E-state index in [-0.39, 0.29) is 11.8 Å². The summed E-state index contributed by atoms with van der Waals surface area (Å²) in [7, 11) is 3.00. The van der Waals surface area contributed by atoms with Crippen molar-refractivity contribution in [3.63, 3.8) is 0 Å². The minimum Gasteiger partial charge on any atom is -0.496 e. The molecule has 0 saturated heterocycles. The molecule has 2 amide bonds. The monoisotopic (exact) mass is 480 g/mol. The summed E-state index contributed by atoms with van der Waals surface area (Å²) in [6.45, 7) is 2.48. The zero-order valence-corrected chi connectivity index (χ0v) is 19.9. The summed E-state index contributed by atoms with van der Waals surface area (Å²) in [4.78, 5) is 27.8. The van der Waals surface area contributed by atoms with Crippen LogP contribution >= 0.6 is 11.6 Å². The van der Waals surface area contributed by atoms with Gasteiger partial charge in [-0.15, -0.1) is 0 Å². The third kappa shape index (κ3) is 4.94. The number of carbonyl (C=O) groups is 2. The summed E-state index contributed by atoms with van der Waals surface area (Å²) in [5.74, 6) is 0.932. The molecule has 1 heterocycles. The number of amides is 2. The van der Waals surface area contributed by atoms with Crippen molar-refractivity contribution in [2.24, 2.45) is 0 Å². The average Bonchev–Trinajstić information content (AvgIpc) is 2.95. The minimum atomic E-state index is -0.633. The van der Waals surface area contributed by atoms with Gasteiger partial charge in [0.2, 0.25) is 0 Å². The van der Waals surface area contributed by atoms with Gasteiger partial charge in [-0.1, -0.05) is 29.8 Å². The van der Waals surface area contributed by atoms with E-state index < -0.39 is 6.10 Å². The summed E-state index contributed by atoms with van der Waals surface area (Å²) in [5, 5.41) is 3.54. The highest BCUT2D eigenvalue weighted by atomic mass is 35.5. The molecule has 7 nitrogen and oxygen atoms in total. The molecule has 1 N–H and O–H groups in total. The molecule has 8 heteroatoms. The Bertz CT molecular complexity index is 1190. The van der Waals surface area contributed by atoms with Crippen LogP contribution < -0.4 is 19.5 Å². The van der Waals surface area contributed by atoms with Crippen LogP contribution in [0.4, 0.5) is 5.69 Å². The SMILES string of the molecule is COc1cccc(OC)c1C(=O)Nc1ccc2c(c1)CN(Cc1ccc(Cl)cc1)C(=O)[C@@H](C)O2. The number of methoxy groups -OCH3 is 2. The van der Waals surface area contributed by atoms with E-state index in [2.05, 4.69) is 5.32 Å². The Morgan fingerprint density at radius 2 is 1.76 bits per heavy atom. The van der Waals surface area contributed by atoms with Crippen molar-refractivity contribution in [3.05, 3.63) is 82.4 Å². The highest BCUT2D eigenvalue weighted by molar-refractivity contribution is 6.30. The van der Waals surface area contributed by atoms with Gasteiger partial charge in [0.05, 0.1) is 14.2 Å². The zero-order valence-electron chi connectivity index (χ0n) is 19.1. The molecular weight excluding hydrogens is 456 g/mol. The Kier molecular flexibility index (Phi) is 6.93. The van der Waals surface area contributed by atoms with Crippen molar-refractivity contribution >= 4 is 29.1 Å². The number of ether oxygens (including phenoxy) is 3. The average molecular weight is 481 g/mol.